The molecule has 0 saturated heterocycles. The van der Waals surface area contributed by atoms with Crippen molar-refractivity contribution in [2.45, 2.75) is 43.8 Å². The number of ether oxygens (including phenoxy) is 1. The standard InChI is InChI=1S/C22H18F5N3O2/c23-21(24)9-7-14(8-10-21)29-20(31)18-4-1-13-11-15(2-5-17(13)30-18)32-16-3-6-19(28-12-16)22(25,26)27/h1-6,11-12,14H,7-10H2,(H,29,31). The molecule has 10 heteroatoms. The summed E-state index contributed by atoms with van der Waals surface area (Å²) in [6.45, 7) is 0. The van der Waals surface area contributed by atoms with Gasteiger partial charge in [0.15, 0.2) is 0 Å². The molecular weight excluding hydrogens is 433 g/mol. The molecule has 1 fully saturated rings. The van der Waals surface area contributed by atoms with Crippen LogP contribution in [0.2, 0.25) is 0 Å². The monoisotopic (exact) mass is 451 g/mol. The summed E-state index contributed by atoms with van der Waals surface area (Å²) in [5.41, 5.74) is -0.346. The molecule has 0 bridgehead atoms. The summed E-state index contributed by atoms with van der Waals surface area (Å²) in [6, 6.07) is 9.67. The van der Waals surface area contributed by atoms with Gasteiger partial charge in [0.1, 0.15) is 22.9 Å². The Labute approximate surface area is 179 Å². The third kappa shape index (κ3) is 5.12. The number of pyridine rings is 2. The number of carbonyl (C=O) groups is 1. The fraction of sp³-hybridized carbons (Fsp3) is 0.318. The highest BCUT2D eigenvalue weighted by atomic mass is 19.4. The number of nitrogens with one attached hydrogen (secondary N) is 1. The zero-order chi connectivity index (χ0) is 22.9. The molecule has 32 heavy (non-hydrogen) atoms. The highest BCUT2D eigenvalue weighted by Crippen LogP contribution is 2.33. The van der Waals surface area contributed by atoms with Gasteiger partial charge in [0.05, 0.1) is 11.7 Å². The molecule has 2 heterocycles. The lowest BCUT2D eigenvalue weighted by molar-refractivity contribution is -0.141. The van der Waals surface area contributed by atoms with Gasteiger partial charge in [-0.3, -0.25) is 4.79 Å². The van der Waals surface area contributed by atoms with Crippen LogP contribution in [0.3, 0.4) is 0 Å². The number of carbonyl (C=O) groups excluding carboxylic acids is 1. The van der Waals surface area contributed by atoms with Gasteiger partial charge in [-0.05, 0) is 49.2 Å². The molecule has 3 aromatic rings. The summed E-state index contributed by atoms with van der Waals surface area (Å²) in [4.78, 5) is 20.1. The largest absolute Gasteiger partial charge is 0.456 e. The van der Waals surface area contributed by atoms with E-state index in [2.05, 4.69) is 15.3 Å². The van der Waals surface area contributed by atoms with E-state index in [9.17, 15) is 26.7 Å². The molecule has 1 saturated carbocycles. The quantitative estimate of drug-likeness (QED) is 0.513. The smallest absolute Gasteiger partial charge is 0.433 e. The van der Waals surface area contributed by atoms with Crippen LogP contribution in [-0.4, -0.2) is 27.8 Å². The lowest BCUT2D eigenvalue weighted by Gasteiger charge is -2.28. The second-order valence-corrected chi connectivity index (χ2v) is 7.63. The van der Waals surface area contributed by atoms with Gasteiger partial charge in [-0.2, -0.15) is 13.2 Å². The Hall–Kier alpha value is -3.30. The van der Waals surface area contributed by atoms with Crippen molar-refractivity contribution in [3.05, 3.63) is 60.0 Å². The van der Waals surface area contributed by atoms with Crippen LogP contribution < -0.4 is 10.1 Å². The third-order valence-electron chi connectivity index (χ3n) is 5.21. The SMILES string of the molecule is O=C(NC1CCC(F)(F)CC1)c1ccc2cc(Oc3ccc(C(F)(F)F)nc3)ccc2n1. The van der Waals surface area contributed by atoms with Crippen LogP contribution in [0, 0.1) is 0 Å². The maximum Gasteiger partial charge on any atom is 0.433 e. The molecule has 168 valence electrons. The van der Waals surface area contributed by atoms with Gasteiger partial charge in [-0.15, -0.1) is 0 Å². The molecule has 0 spiro atoms. The predicted octanol–water partition coefficient (Wildman–Crippen LogP) is 5.75. The predicted molar refractivity (Wildman–Crippen MR) is 106 cm³/mol. The minimum absolute atomic E-state index is 0.138. The number of aromatic nitrogens is 2. The number of rotatable bonds is 4. The van der Waals surface area contributed by atoms with E-state index >= 15 is 0 Å². The lowest BCUT2D eigenvalue weighted by Crippen LogP contribution is -2.40. The molecule has 5 nitrogen and oxygen atoms in total. The van der Waals surface area contributed by atoms with E-state index in [0.29, 0.717) is 16.7 Å². The number of alkyl halides is 5. The summed E-state index contributed by atoms with van der Waals surface area (Å²) < 4.78 is 69.9. The van der Waals surface area contributed by atoms with Crippen molar-refractivity contribution in [1.82, 2.24) is 15.3 Å². The highest BCUT2D eigenvalue weighted by Gasteiger charge is 2.35. The number of nitrogens with zero attached hydrogens (tertiary/aromatic N) is 2. The van der Waals surface area contributed by atoms with Crippen molar-refractivity contribution in [2.24, 2.45) is 0 Å². The second kappa shape index (κ2) is 8.33. The number of fused-ring (bicyclic) bond motifs is 1. The summed E-state index contributed by atoms with van der Waals surface area (Å²) in [5.74, 6) is -2.60. The molecule has 1 amide bonds. The van der Waals surface area contributed by atoms with Gasteiger partial charge in [-0.1, -0.05) is 6.07 Å². The number of hydrogen-bond acceptors (Lipinski definition) is 4. The first-order valence-corrected chi connectivity index (χ1v) is 9.90. The fourth-order valence-corrected chi connectivity index (χ4v) is 3.48. The Balaban J connectivity index is 1.43. The zero-order valence-electron chi connectivity index (χ0n) is 16.6. The number of halogens is 5. The molecule has 1 aliphatic carbocycles. The van der Waals surface area contributed by atoms with Crippen LogP contribution in [0.25, 0.3) is 10.9 Å². The van der Waals surface area contributed by atoms with E-state index < -0.39 is 23.7 Å². The lowest BCUT2D eigenvalue weighted by atomic mass is 9.92. The summed E-state index contributed by atoms with van der Waals surface area (Å²) in [5, 5.41) is 3.40. The summed E-state index contributed by atoms with van der Waals surface area (Å²) in [6.07, 6.45) is -3.61. The summed E-state index contributed by atoms with van der Waals surface area (Å²) >= 11 is 0. The fourth-order valence-electron chi connectivity index (χ4n) is 3.48. The first-order valence-electron chi connectivity index (χ1n) is 9.90. The normalized spacial score (nSPS) is 16.7. The van der Waals surface area contributed by atoms with Gasteiger partial charge >= 0.3 is 6.18 Å². The van der Waals surface area contributed by atoms with Crippen molar-refractivity contribution in [2.75, 3.05) is 0 Å². The Bertz CT molecular complexity index is 1120. The van der Waals surface area contributed by atoms with E-state index in [-0.39, 0.29) is 43.2 Å². The van der Waals surface area contributed by atoms with Gasteiger partial charge in [0.2, 0.25) is 5.92 Å². The minimum Gasteiger partial charge on any atom is -0.456 e. The molecule has 2 aromatic heterocycles. The van der Waals surface area contributed by atoms with Gasteiger partial charge in [0, 0.05) is 24.3 Å². The zero-order valence-corrected chi connectivity index (χ0v) is 16.6. The number of benzene rings is 1. The van der Waals surface area contributed by atoms with E-state index in [1.807, 2.05) is 0 Å². The van der Waals surface area contributed by atoms with Gasteiger partial charge in [0.25, 0.3) is 5.91 Å². The second-order valence-electron chi connectivity index (χ2n) is 7.63. The van der Waals surface area contributed by atoms with E-state index in [1.54, 1.807) is 24.3 Å². The molecular formula is C22H18F5N3O2. The van der Waals surface area contributed by atoms with Gasteiger partial charge in [-0.25, -0.2) is 18.7 Å². The molecule has 0 unspecified atom stereocenters. The van der Waals surface area contributed by atoms with Crippen LogP contribution >= 0.6 is 0 Å². The van der Waals surface area contributed by atoms with E-state index in [0.717, 1.165) is 12.3 Å². The van der Waals surface area contributed by atoms with Gasteiger partial charge < -0.3 is 10.1 Å². The maximum atomic E-state index is 13.3. The highest BCUT2D eigenvalue weighted by molar-refractivity contribution is 5.95. The molecule has 1 N–H and O–H groups in total. The maximum absolute atomic E-state index is 13.3. The van der Waals surface area contributed by atoms with E-state index in [4.69, 9.17) is 4.74 Å². The molecule has 1 aliphatic rings. The summed E-state index contributed by atoms with van der Waals surface area (Å²) in [7, 11) is 0. The molecule has 4 rings (SSSR count). The van der Waals surface area contributed by atoms with Crippen molar-refractivity contribution in [1.29, 1.82) is 0 Å². The first kappa shape index (κ1) is 21.9. The third-order valence-corrected chi connectivity index (χ3v) is 5.21. The van der Waals surface area contributed by atoms with Crippen LogP contribution in [0.1, 0.15) is 41.9 Å². The Morgan fingerprint density at radius 1 is 1.03 bits per heavy atom. The molecule has 0 aliphatic heterocycles. The number of hydrogen-bond donors (Lipinski definition) is 1. The van der Waals surface area contributed by atoms with Crippen LogP contribution in [0.15, 0.2) is 48.7 Å². The van der Waals surface area contributed by atoms with Crippen LogP contribution in [-0.2, 0) is 6.18 Å². The average Bonchev–Trinajstić information content (AvgIpc) is 2.74. The van der Waals surface area contributed by atoms with Crippen molar-refractivity contribution >= 4 is 16.8 Å². The van der Waals surface area contributed by atoms with Crippen LogP contribution in [0.4, 0.5) is 22.0 Å². The topological polar surface area (TPSA) is 64.1 Å². The molecule has 0 radical (unpaired) electrons. The van der Waals surface area contributed by atoms with Crippen LogP contribution in [0.5, 0.6) is 11.5 Å². The average molecular weight is 451 g/mol. The number of amides is 1. The Kier molecular flexibility index (Phi) is 5.70. The minimum atomic E-state index is -4.53. The van der Waals surface area contributed by atoms with Crippen molar-refractivity contribution in [3.8, 4) is 11.5 Å². The molecule has 0 atom stereocenters. The van der Waals surface area contributed by atoms with Crippen molar-refractivity contribution in [3.63, 3.8) is 0 Å². The Morgan fingerprint density at radius 3 is 2.41 bits per heavy atom. The van der Waals surface area contributed by atoms with E-state index in [1.165, 1.54) is 12.1 Å². The van der Waals surface area contributed by atoms with Crippen molar-refractivity contribution < 1.29 is 31.5 Å². The first-order chi connectivity index (χ1) is 15.1. The molecule has 1 aromatic carbocycles. The Morgan fingerprint density at radius 2 is 1.75 bits per heavy atom.